The van der Waals surface area contributed by atoms with E-state index in [9.17, 15) is 5.11 Å². The molecular formula is C12H17NO2. The van der Waals surface area contributed by atoms with Crippen LogP contribution in [0.2, 0.25) is 0 Å². The molecule has 0 spiro atoms. The molecule has 1 aliphatic rings. The fourth-order valence-electron chi connectivity index (χ4n) is 2.01. The van der Waals surface area contributed by atoms with Gasteiger partial charge in [-0.05, 0) is 38.6 Å². The van der Waals surface area contributed by atoms with Gasteiger partial charge in [0.15, 0.2) is 0 Å². The van der Waals surface area contributed by atoms with Crippen LogP contribution in [0.4, 0.5) is 0 Å². The Labute approximate surface area is 90.1 Å². The standard InChI is InChI=1S/C12H17NO2/c1-8(13-2)5-9-7-15-12-4-3-10(14)6-11(9)12/h3-4,6,8-9,13-14H,5,7H2,1-2H3. The number of nitrogens with one attached hydrogen (secondary N) is 1. The minimum absolute atomic E-state index is 0.321. The van der Waals surface area contributed by atoms with Crippen LogP contribution in [-0.2, 0) is 0 Å². The van der Waals surface area contributed by atoms with E-state index in [1.165, 1.54) is 0 Å². The van der Waals surface area contributed by atoms with Gasteiger partial charge in [-0.15, -0.1) is 0 Å². The van der Waals surface area contributed by atoms with Crippen LogP contribution in [-0.4, -0.2) is 24.8 Å². The minimum atomic E-state index is 0.321. The Morgan fingerprint density at radius 3 is 3.13 bits per heavy atom. The summed E-state index contributed by atoms with van der Waals surface area (Å²) in [6, 6.07) is 5.79. The molecule has 1 heterocycles. The lowest BCUT2D eigenvalue weighted by atomic mass is 9.94. The number of fused-ring (bicyclic) bond motifs is 1. The Hall–Kier alpha value is -1.22. The second-order valence-electron chi connectivity index (χ2n) is 4.16. The first-order valence-corrected chi connectivity index (χ1v) is 5.33. The van der Waals surface area contributed by atoms with Gasteiger partial charge in [-0.2, -0.15) is 0 Å². The lowest BCUT2D eigenvalue weighted by Gasteiger charge is -2.14. The van der Waals surface area contributed by atoms with Crippen molar-refractivity contribution in [3.63, 3.8) is 0 Å². The Morgan fingerprint density at radius 2 is 2.40 bits per heavy atom. The van der Waals surface area contributed by atoms with E-state index in [1.54, 1.807) is 6.07 Å². The molecule has 1 aliphatic heterocycles. The van der Waals surface area contributed by atoms with E-state index in [0.29, 0.717) is 17.7 Å². The van der Waals surface area contributed by atoms with Crippen molar-refractivity contribution in [3.05, 3.63) is 23.8 Å². The van der Waals surface area contributed by atoms with E-state index >= 15 is 0 Å². The molecule has 0 aliphatic carbocycles. The average Bonchev–Trinajstić information content (AvgIpc) is 2.61. The van der Waals surface area contributed by atoms with Crippen molar-refractivity contribution < 1.29 is 9.84 Å². The summed E-state index contributed by atoms with van der Waals surface area (Å²) < 4.78 is 5.57. The molecular weight excluding hydrogens is 190 g/mol. The highest BCUT2D eigenvalue weighted by Gasteiger charge is 2.25. The molecule has 0 bridgehead atoms. The van der Waals surface area contributed by atoms with Crippen LogP contribution in [0.5, 0.6) is 11.5 Å². The van der Waals surface area contributed by atoms with Gasteiger partial charge in [-0.25, -0.2) is 0 Å². The molecule has 1 aromatic carbocycles. The van der Waals surface area contributed by atoms with Gasteiger partial charge in [0.05, 0.1) is 6.61 Å². The van der Waals surface area contributed by atoms with Gasteiger partial charge >= 0.3 is 0 Å². The van der Waals surface area contributed by atoms with Crippen LogP contribution in [0, 0.1) is 0 Å². The van der Waals surface area contributed by atoms with Crippen molar-refractivity contribution in [2.24, 2.45) is 0 Å². The second kappa shape index (κ2) is 4.11. The summed E-state index contributed by atoms with van der Waals surface area (Å²) in [5, 5.41) is 12.7. The van der Waals surface area contributed by atoms with E-state index in [1.807, 2.05) is 19.2 Å². The maximum Gasteiger partial charge on any atom is 0.123 e. The molecule has 2 rings (SSSR count). The van der Waals surface area contributed by atoms with Crippen molar-refractivity contribution >= 4 is 0 Å². The number of hydrogen-bond acceptors (Lipinski definition) is 3. The summed E-state index contributed by atoms with van der Waals surface area (Å²) in [6.45, 7) is 2.88. The summed E-state index contributed by atoms with van der Waals surface area (Å²) in [5.41, 5.74) is 1.14. The van der Waals surface area contributed by atoms with Gasteiger partial charge in [0.25, 0.3) is 0 Å². The van der Waals surface area contributed by atoms with Crippen molar-refractivity contribution in [3.8, 4) is 11.5 Å². The average molecular weight is 207 g/mol. The lowest BCUT2D eigenvalue weighted by Crippen LogP contribution is -2.24. The number of phenolic OH excluding ortho intramolecular Hbond substituents is 1. The normalized spacial score (nSPS) is 20.8. The minimum Gasteiger partial charge on any atom is -0.508 e. The number of hydrogen-bond donors (Lipinski definition) is 2. The van der Waals surface area contributed by atoms with Crippen LogP contribution in [0.1, 0.15) is 24.8 Å². The smallest absolute Gasteiger partial charge is 0.123 e. The Kier molecular flexibility index (Phi) is 2.82. The number of benzene rings is 1. The SMILES string of the molecule is CNC(C)CC1COc2ccc(O)cc21. The maximum atomic E-state index is 9.43. The molecule has 0 fully saturated rings. The summed E-state index contributed by atoms with van der Waals surface area (Å²) >= 11 is 0. The van der Waals surface area contributed by atoms with E-state index in [0.717, 1.165) is 24.3 Å². The van der Waals surface area contributed by atoms with Gasteiger partial charge in [0, 0.05) is 17.5 Å². The third kappa shape index (κ3) is 2.07. The second-order valence-corrected chi connectivity index (χ2v) is 4.16. The van der Waals surface area contributed by atoms with E-state index in [-0.39, 0.29) is 0 Å². The molecule has 0 radical (unpaired) electrons. The van der Waals surface area contributed by atoms with E-state index < -0.39 is 0 Å². The molecule has 2 N–H and O–H groups in total. The van der Waals surface area contributed by atoms with Gasteiger partial charge in [-0.3, -0.25) is 0 Å². The van der Waals surface area contributed by atoms with Gasteiger partial charge < -0.3 is 15.2 Å². The van der Waals surface area contributed by atoms with Crippen LogP contribution in [0.3, 0.4) is 0 Å². The lowest BCUT2D eigenvalue weighted by molar-refractivity contribution is 0.316. The predicted octanol–water partition coefficient (Wildman–Crippen LogP) is 1.87. The first-order chi connectivity index (χ1) is 7.20. The van der Waals surface area contributed by atoms with Crippen LogP contribution in [0.15, 0.2) is 18.2 Å². The molecule has 15 heavy (non-hydrogen) atoms. The van der Waals surface area contributed by atoms with Crippen molar-refractivity contribution in [2.45, 2.75) is 25.3 Å². The molecule has 3 heteroatoms. The highest BCUT2D eigenvalue weighted by Crippen LogP contribution is 2.38. The van der Waals surface area contributed by atoms with Crippen molar-refractivity contribution in [1.82, 2.24) is 5.32 Å². The fraction of sp³-hybridized carbons (Fsp3) is 0.500. The number of aromatic hydroxyl groups is 1. The molecule has 0 saturated carbocycles. The maximum absolute atomic E-state index is 9.43. The molecule has 0 amide bonds. The van der Waals surface area contributed by atoms with E-state index in [2.05, 4.69) is 12.2 Å². The molecule has 1 aromatic rings. The molecule has 2 atom stereocenters. The predicted molar refractivity (Wildman–Crippen MR) is 59.5 cm³/mol. The van der Waals surface area contributed by atoms with Gasteiger partial charge in [0.1, 0.15) is 11.5 Å². The molecule has 2 unspecified atom stereocenters. The molecule has 3 nitrogen and oxygen atoms in total. The quantitative estimate of drug-likeness (QED) is 0.795. The van der Waals surface area contributed by atoms with Gasteiger partial charge in [-0.1, -0.05) is 0 Å². The summed E-state index contributed by atoms with van der Waals surface area (Å²) in [5.74, 6) is 1.64. The first kappa shape index (κ1) is 10.3. The monoisotopic (exact) mass is 207 g/mol. The molecule has 0 aromatic heterocycles. The Morgan fingerprint density at radius 1 is 1.60 bits per heavy atom. The molecule has 82 valence electrons. The summed E-state index contributed by atoms with van der Waals surface area (Å²) in [6.07, 6.45) is 1.03. The van der Waals surface area contributed by atoms with Crippen LogP contribution >= 0.6 is 0 Å². The third-order valence-electron chi connectivity index (χ3n) is 3.00. The Bertz CT molecular complexity index is 351. The number of rotatable bonds is 3. The van der Waals surface area contributed by atoms with E-state index in [4.69, 9.17) is 4.74 Å². The van der Waals surface area contributed by atoms with Crippen molar-refractivity contribution in [1.29, 1.82) is 0 Å². The van der Waals surface area contributed by atoms with Crippen LogP contribution < -0.4 is 10.1 Å². The Balaban J connectivity index is 2.16. The number of ether oxygens (including phenoxy) is 1. The van der Waals surface area contributed by atoms with Crippen molar-refractivity contribution in [2.75, 3.05) is 13.7 Å². The van der Waals surface area contributed by atoms with Crippen LogP contribution in [0.25, 0.3) is 0 Å². The zero-order chi connectivity index (χ0) is 10.8. The highest BCUT2D eigenvalue weighted by molar-refractivity contribution is 5.44. The molecule has 0 saturated heterocycles. The van der Waals surface area contributed by atoms with Gasteiger partial charge in [0.2, 0.25) is 0 Å². The topological polar surface area (TPSA) is 41.5 Å². The first-order valence-electron chi connectivity index (χ1n) is 5.33. The summed E-state index contributed by atoms with van der Waals surface area (Å²) in [7, 11) is 1.96. The fourth-order valence-corrected chi connectivity index (χ4v) is 2.01. The zero-order valence-corrected chi connectivity index (χ0v) is 9.16. The third-order valence-corrected chi connectivity index (χ3v) is 3.00. The number of phenols is 1. The highest BCUT2D eigenvalue weighted by atomic mass is 16.5. The largest absolute Gasteiger partial charge is 0.508 e. The summed E-state index contributed by atoms with van der Waals surface area (Å²) in [4.78, 5) is 0. The zero-order valence-electron chi connectivity index (χ0n) is 9.16.